The van der Waals surface area contributed by atoms with E-state index in [1.807, 2.05) is 13.0 Å². The number of hydrogen-bond donors (Lipinski definition) is 1. The standard InChI is InChI=1S/C6H10N2/c1-3-4-5-8-6(2)7/h3-5,7H,1-2H3/b4-3-,7-6?,8-5?. The molecule has 0 unspecified atom stereocenters. The SMILES string of the molecule is C/C=C\C=NC(C)=N. The Balaban J connectivity index is 3.50. The number of aliphatic imine (C=N–C) groups is 1. The Labute approximate surface area is 49.5 Å². The van der Waals surface area contributed by atoms with Crippen LogP contribution in [0.15, 0.2) is 17.1 Å². The maximum Gasteiger partial charge on any atom is 0.117 e. The molecule has 0 spiro atoms. The van der Waals surface area contributed by atoms with Crippen LogP contribution in [0.1, 0.15) is 13.8 Å². The minimum absolute atomic E-state index is 0.336. The van der Waals surface area contributed by atoms with Gasteiger partial charge in [0.25, 0.3) is 0 Å². The summed E-state index contributed by atoms with van der Waals surface area (Å²) in [5, 5.41) is 6.84. The zero-order valence-corrected chi connectivity index (χ0v) is 5.18. The van der Waals surface area contributed by atoms with Gasteiger partial charge >= 0.3 is 0 Å². The summed E-state index contributed by atoms with van der Waals surface area (Å²) in [5.74, 6) is 0.336. The van der Waals surface area contributed by atoms with Crippen molar-refractivity contribution in [3.05, 3.63) is 12.2 Å². The van der Waals surface area contributed by atoms with E-state index in [1.54, 1.807) is 19.2 Å². The van der Waals surface area contributed by atoms with Gasteiger partial charge in [0.1, 0.15) is 5.84 Å². The van der Waals surface area contributed by atoms with Crippen molar-refractivity contribution in [2.75, 3.05) is 0 Å². The maximum absolute atomic E-state index is 6.84. The van der Waals surface area contributed by atoms with E-state index in [1.165, 1.54) is 0 Å². The zero-order valence-electron chi connectivity index (χ0n) is 5.18. The van der Waals surface area contributed by atoms with Gasteiger partial charge in [0.05, 0.1) is 0 Å². The first kappa shape index (κ1) is 7.08. The summed E-state index contributed by atoms with van der Waals surface area (Å²) >= 11 is 0. The van der Waals surface area contributed by atoms with Crippen LogP contribution in [-0.4, -0.2) is 12.1 Å². The van der Waals surface area contributed by atoms with Crippen LogP contribution in [0.2, 0.25) is 0 Å². The summed E-state index contributed by atoms with van der Waals surface area (Å²) in [6.45, 7) is 3.55. The Kier molecular flexibility index (Phi) is 3.76. The predicted molar refractivity (Wildman–Crippen MR) is 36.7 cm³/mol. The first-order valence-electron chi connectivity index (χ1n) is 2.48. The molecule has 0 aromatic rings. The van der Waals surface area contributed by atoms with Crippen molar-refractivity contribution < 1.29 is 0 Å². The largest absolute Gasteiger partial charge is 0.287 e. The monoisotopic (exact) mass is 110 g/mol. The van der Waals surface area contributed by atoms with E-state index < -0.39 is 0 Å². The smallest absolute Gasteiger partial charge is 0.117 e. The Morgan fingerprint density at radius 1 is 1.62 bits per heavy atom. The molecular formula is C6H10N2. The zero-order chi connectivity index (χ0) is 6.41. The third-order valence-electron chi connectivity index (χ3n) is 0.547. The van der Waals surface area contributed by atoms with Gasteiger partial charge in [-0.05, 0) is 19.9 Å². The second-order valence-corrected chi connectivity index (χ2v) is 1.39. The van der Waals surface area contributed by atoms with Crippen LogP contribution in [0.25, 0.3) is 0 Å². The summed E-state index contributed by atoms with van der Waals surface area (Å²) in [4.78, 5) is 3.69. The van der Waals surface area contributed by atoms with Crippen LogP contribution in [0.4, 0.5) is 0 Å². The second kappa shape index (κ2) is 4.24. The van der Waals surface area contributed by atoms with Crippen molar-refractivity contribution in [1.29, 1.82) is 5.41 Å². The van der Waals surface area contributed by atoms with E-state index in [-0.39, 0.29) is 0 Å². The van der Waals surface area contributed by atoms with Crippen molar-refractivity contribution in [2.45, 2.75) is 13.8 Å². The quantitative estimate of drug-likeness (QED) is 0.393. The van der Waals surface area contributed by atoms with Gasteiger partial charge in [0, 0.05) is 6.21 Å². The average molecular weight is 110 g/mol. The molecule has 0 aliphatic rings. The predicted octanol–water partition coefficient (Wildman–Crippen LogP) is 1.63. The minimum Gasteiger partial charge on any atom is -0.287 e. The molecule has 0 radical (unpaired) electrons. The highest BCUT2D eigenvalue weighted by molar-refractivity contribution is 5.88. The maximum atomic E-state index is 6.84. The molecule has 0 fully saturated rings. The highest BCUT2D eigenvalue weighted by Gasteiger charge is 1.69. The molecule has 2 heteroatoms. The number of amidine groups is 1. The van der Waals surface area contributed by atoms with Gasteiger partial charge in [-0.15, -0.1) is 0 Å². The van der Waals surface area contributed by atoms with E-state index in [9.17, 15) is 0 Å². The Morgan fingerprint density at radius 3 is 2.62 bits per heavy atom. The van der Waals surface area contributed by atoms with Gasteiger partial charge < -0.3 is 0 Å². The third kappa shape index (κ3) is 5.08. The number of nitrogens with zero attached hydrogens (tertiary/aromatic N) is 1. The highest BCUT2D eigenvalue weighted by atomic mass is 14.8. The number of allylic oxidation sites excluding steroid dienone is 2. The Hall–Kier alpha value is -0.920. The Morgan fingerprint density at radius 2 is 2.25 bits per heavy atom. The van der Waals surface area contributed by atoms with Crippen LogP contribution < -0.4 is 0 Å². The first-order valence-corrected chi connectivity index (χ1v) is 2.48. The summed E-state index contributed by atoms with van der Waals surface area (Å²) in [5.41, 5.74) is 0. The molecule has 44 valence electrons. The van der Waals surface area contributed by atoms with E-state index in [4.69, 9.17) is 5.41 Å². The lowest BCUT2D eigenvalue weighted by molar-refractivity contribution is 1.42. The van der Waals surface area contributed by atoms with Crippen molar-refractivity contribution in [3.8, 4) is 0 Å². The van der Waals surface area contributed by atoms with Crippen molar-refractivity contribution in [3.63, 3.8) is 0 Å². The van der Waals surface area contributed by atoms with Gasteiger partial charge in [-0.25, -0.2) is 4.99 Å². The number of hydrogen-bond acceptors (Lipinski definition) is 1. The van der Waals surface area contributed by atoms with Crippen LogP contribution >= 0.6 is 0 Å². The van der Waals surface area contributed by atoms with E-state index in [0.29, 0.717) is 5.84 Å². The molecule has 0 saturated carbocycles. The number of rotatable bonds is 1. The molecule has 0 amide bonds. The first-order chi connectivity index (χ1) is 3.77. The van der Waals surface area contributed by atoms with E-state index >= 15 is 0 Å². The van der Waals surface area contributed by atoms with Gasteiger partial charge in [-0.1, -0.05) is 6.08 Å². The average Bonchev–Trinajstić information content (AvgIpc) is 1.66. The van der Waals surface area contributed by atoms with E-state index in [0.717, 1.165) is 0 Å². The minimum atomic E-state index is 0.336. The Bertz CT molecular complexity index is 122. The molecule has 2 nitrogen and oxygen atoms in total. The molecule has 0 saturated heterocycles. The van der Waals surface area contributed by atoms with Gasteiger partial charge in [0.2, 0.25) is 0 Å². The fraction of sp³-hybridized carbons (Fsp3) is 0.333. The van der Waals surface area contributed by atoms with Gasteiger partial charge in [0.15, 0.2) is 0 Å². The topological polar surface area (TPSA) is 36.2 Å². The van der Waals surface area contributed by atoms with Crippen molar-refractivity contribution in [2.24, 2.45) is 4.99 Å². The molecular weight excluding hydrogens is 100 g/mol. The summed E-state index contributed by atoms with van der Waals surface area (Å²) in [6.07, 6.45) is 5.26. The molecule has 0 atom stereocenters. The van der Waals surface area contributed by atoms with Crippen LogP contribution in [0.3, 0.4) is 0 Å². The molecule has 0 aliphatic carbocycles. The van der Waals surface area contributed by atoms with Crippen LogP contribution in [-0.2, 0) is 0 Å². The van der Waals surface area contributed by atoms with E-state index in [2.05, 4.69) is 4.99 Å². The lowest BCUT2D eigenvalue weighted by Crippen LogP contribution is -1.78. The summed E-state index contributed by atoms with van der Waals surface area (Å²) in [7, 11) is 0. The lowest BCUT2D eigenvalue weighted by Gasteiger charge is -1.76. The molecule has 0 aromatic heterocycles. The summed E-state index contributed by atoms with van der Waals surface area (Å²) < 4.78 is 0. The van der Waals surface area contributed by atoms with Crippen molar-refractivity contribution in [1.82, 2.24) is 0 Å². The molecule has 0 bridgehead atoms. The molecule has 0 aliphatic heterocycles. The normalized spacial score (nSPS) is 11.2. The van der Waals surface area contributed by atoms with Crippen molar-refractivity contribution >= 4 is 12.1 Å². The molecule has 0 rings (SSSR count). The van der Waals surface area contributed by atoms with Gasteiger partial charge in [-0.2, -0.15) is 0 Å². The molecule has 0 aromatic carbocycles. The van der Waals surface area contributed by atoms with Crippen LogP contribution in [0.5, 0.6) is 0 Å². The number of nitrogens with one attached hydrogen (secondary N) is 1. The second-order valence-electron chi connectivity index (χ2n) is 1.39. The molecule has 1 N–H and O–H groups in total. The molecule has 0 heterocycles. The fourth-order valence-corrected chi connectivity index (χ4v) is 0.241. The third-order valence-corrected chi connectivity index (χ3v) is 0.547. The van der Waals surface area contributed by atoms with Gasteiger partial charge in [-0.3, -0.25) is 5.41 Å². The molecule has 8 heavy (non-hydrogen) atoms. The van der Waals surface area contributed by atoms with Crippen LogP contribution in [0, 0.1) is 5.41 Å². The lowest BCUT2D eigenvalue weighted by atomic mass is 10.5. The fourth-order valence-electron chi connectivity index (χ4n) is 0.241. The summed E-state index contributed by atoms with van der Waals surface area (Å²) in [6, 6.07) is 0. The highest BCUT2D eigenvalue weighted by Crippen LogP contribution is 1.70.